The van der Waals surface area contributed by atoms with Gasteiger partial charge in [0.25, 0.3) is 5.56 Å². The number of halogens is 1. The summed E-state index contributed by atoms with van der Waals surface area (Å²) in [5.41, 5.74) is -0.115. The topological polar surface area (TPSA) is 49.0 Å². The smallest absolute Gasteiger partial charge is 0.267 e. The number of rotatable bonds is 1. The van der Waals surface area contributed by atoms with Crippen LogP contribution in [0.5, 0.6) is 0 Å². The SMILES string of the molecule is CC1CCCN(c2nc[nH]c(=O)c2Br)C1C. The highest BCUT2D eigenvalue weighted by Crippen LogP contribution is 2.29. The van der Waals surface area contributed by atoms with E-state index in [1.54, 1.807) is 0 Å². The van der Waals surface area contributed by atoms with Crippen molar-refractivity contribution in [1.82, 2.24) is 9.97 Å². The number of hydrogen-bond acceptors (Lipinski definition) is 3. The Morgan fingerprint density at radius 1 is 1.56 bits per heavy atom. The lowest BCUT2D eigenvalue weighted by atomic mass is 9.92. The Hall–Kier alpha value is -0.840. The van der Waals surface area contributed by atoms with Crippen LogP contribution in [0.1, 0.15) is 26.7 Å². The molecule has 1 aromatic rings. The maximum atomic E-state index is 11.5. The Morgan fingerprint density at radius 3 is 3.06 bits per heavy atom. The van der Waals surface area contributed by atoms with Gasteiger partial charge < -0.3 is 9.88 Å². The largest absolute Gasteiger partial charge is 0.352 e. The molecule has 1 aromatic heterocycles. The molecule has 2 rings (SSSR count). The third-order valence-electron chi connectivity index (χ3n) is 3.42. The van der Waals surface area contributed by atoms with Crippen LogP contribution in [-0.4, -0.2) is 22.6 Å². The van der Waals surface area contributed by atoms with Gasteiger partial charge in [-0.05, 0) is 41.6 Å². The molecule has 16 heavy (non-hydrogen) atoms. The Labute approximate surface area is 103 Å². The summed E-state index contributed by atoms with van der Waals surface area (Å²) in [5, 5.41) is 0. The Balaban J connectivity index is 2.36. The summed E-state index contributed by atoms with van der Waals surface area (Å²) in [7, 11) is 0. The molecule has 0 amide bonds. The van der Waals surface area contributed by atoms with Crippen molar-refractivity contribution in [3.63, 3.8) is 0 Å². The predicted molar refractivity (Wildman–Crippen MR) is 67.8 cm³/mol. The highest BCUT2D eigenvalue weighted by Gasteiger charge is 2.27. The average molecular weight is 286 g/mol. The van der Waals surface area contributed by atoms with E-state index in [1.165, 1.54) is 12.7 Å². The van der Waals surface area contributed by atoms with Crippen molar-refractivity contribution in [3.05, 3.63) is 21.2 Å². The number of hydrogen-bond donors (Lipinski definition) is 1. The second kappa shape index (κ2) is 4.57. The molecule has 0 spiro atoms. The number of aromatic amines is 1. The number of H-pyrrole nitrogens is 1. The molecule has 4 nitrogen and oxygen atoms in total. The van der Waals surface area contributed by atoms with Crippen LogP contribution in [0.15, 0.2) is 15.6 Å². The van der Waals surface area contributed by atoms with Gasteiger partial charge in [0.2, 0.25) is 0 Å². The van der Waals surface area contributed by atoms with Crippen LogP contribution in [-0.2, 0) is 0 Å². The maximum Gasteiger partial charge on any atom is 0.267 e. The number of nitrogens with one attached hydrogen (secondary N) is 1. The molecule has 0 radical (unpaired) electrons. The van der Waals surface area contributed by atoms with E-state index in [9.17, 15) is 4.79 Å². The van der Waals surface area contributed by atoms with Crippen molar-refractivity contribution in [2.75, 3.05) is 11.4 Å². The zero-order chi connectivity index (χ0) is 11.7. The second-order valence-corrected chi connectivity index (χ2v) is 5.22. The molecule has 1 fully saturated rings. The van der Waals surface area contributed by atoms with E-state index < -0.39 is 0 Å². The van der Waals surface area contributed by atoms with Gasteiger partial charge >= 0.3 is 0 Å². The molecule has 1 aliphatic rings. The lowest BCUT2D eigenvalue weighted by molar-refractivity contribution is 0.361. The molecule has 0 aromatic carbocycles. The summed E-state index contributed by atoms with van der Waals surface area (Å²) in [5.74, 6) is 1.41. The van der Waals surface area contributed by atoms with Crippen LogP contribution in [0, 0.1) is 5.92 Å². The first-order valence-electron chi connectivity index (χ1n) is 5.61. The summed E-state index contributed by atoms with van der Waals surface area (Å²) in [6.45, 7) is 5.41. The molecular weight excluding hydrogens is 270 g/mol. The standard InChI is InChI=1S/C11H16BrN3O/c1-7-4-3-5-15(8(7)2)10-9(12)11(16)14-6-13-10/h6-8H,3-5H2,1-2H3,(H,13,14,16). The van der Waals surface area contributed by atoms with Crippen LogP contribution in [0.3, 0.4) is 0 Å². The van der Waals surface area contributed by atoms with E-state index >= 15 is 0 Å². The molecule has 2 unspecified atom stereocenters. The fourth-order valence-electron chi connectivity index (χ4n) is 2.21. The fraction of sp³-hybridized carbons (Fsp3) is 0.636. The first-order chi connectivity index (χ1) is 7.61. The minimum atomic E-state index is -0.115. The van der Waals surface area contributed by atoms with E-state index in [0.717, 1.165) is 18.8 Å². The van der Waals surface area contributed by atoms with Crippen LogP contribution < -0.4 is 10.5 Å². The number of anilines is 1. The number of piperidine rings is 1. The molecule has 1 N–H and O–H groups in total. The van der Waals surface area contributed by atoms with E-state index in [-0.39, 0.29) is 5.56 Å². The van der Waals surface area contributed by atoms with E-state index in [1.807, 2.05) is 0 Å². The van der Waals surface area contributed by atoms with E-state index in [2.05, 4.69) is 44.6 Å². The van der Waals surface area contributed by atoms with Gasteiger partial charge in [-0.1, -0.05) is 6.92 Å². The lowest BCUT2D eigenvalue weighted by Gasteiger charge is -2.38. The van der Waals surface area contributed by atoms with Gasteiger partial charge in [0.05, 0.1) is 6.33 Å². The Bertz CT molecular complexity index is 431. The Kier molecular flexibility index (Phi) is 3.33. The highest BCUT2D eigenvalue weighted by molar-refractivity contribution is 9.10. The average Bonchev–Trinajstić information content (AvgIpc) is 2.27. The highest BCUT2D eigenvalue weighted by atomic mass is 79.9. The summed E-state index contributed by atoms with van der Waals surface area (Å²) in [6.07, 6.45) is 3.87. The molecule has 5 heteroatoms. The van der Waals surface area contributed by atoms with Crippen molar-refractivity contribution in [3.8, 4) is 0 Å². The quantitative estimate of drug-likeness (QED) is 0.860. The van der Waals surface area contributed by atoms with Gasteiger partial charge in [0.1, 0.15) is 4.47 Å². The number of nitrogens with zero attached hydrogens (tertiary/aromatic N) is 2. The molecule has 2 heterocycles. The minimum absolute atomic E-state index is 0.115. The molecule has 1 saturated heterocycles. The van der Waals surface area contributed by atoms with Gasteiger partial charge in [-0.15, -0.1) is 0 Å². The lowest BCUT2D eigenvalue weighted by Crippen LogP contribution is -2.43. The third kappa shape index (κ3) is 2.00. The van der Waals surface area contributed by atoms with Crippen LogP contribution in [0.25, 0.3) is 0 Å². The first kappa shape index (κ1) is 11.6. The monoisotopic (exact) mass is 285 g/mol. The molecular formula is C11H16BrN3O. The van der Waals surface area contributed by atoms with Crippen molar-refractivity contribution in [2.24, 2.45) is 5.92 Å². The van der Waals surface area contributed by atoms with Gasteiger partial charge in [-0.25, -0.2) is 4.98 Å². The van der Waals surface area contributed by atoms with Crippen molar-refractivity contribution in [1.29, 1.82) is 0 Å². The van der Waals surface area contributed by atoms with Gasteiger partial charge in [0, 0.05) is 12.6 Å². The van der Waals surface area contributed by atoms with Crippen LogP contribution in [0.2, 0.25) is 0 Å². The maximum absolute atomic E-state index is 11.5. The summed E-state index contributed by atoms with van der Waals surface area (Å²) in [4.78, 5) is 20.6. The summed E-state index contributed by atoms with van der Waals surface area (Å²) < 4.78 is 0.538. The summed E-state index contributed by atoms with van der Waals surface area (Å²) >= 11 is 3.32. The predicted octanol–water partition coefficient (Wildman–Crippen LogP) is 2.16. The fourth-order valence-corrected chi connectivity index (χ4v) is 2.65. The molecule has 2 atom stereocenters. The van der Waals surface area contributed by atoms with Crippen LogP contribution >= 0.6 is 15.9 Å². The first-order valence-corrected chi connectivity index (χ1v) is 6.40. The van der Waals surface area contributed by atoms with Crippen molar-refractivity contribution in [2.45, 2.75) is 32.7 Å². The van der Waals surface area contributed by atoms with E-state index in [4.69, 9.17) is 0 Å². The number of aromatic nitrogens is 2. The zero-order valence-electron chi connectivity index (χ0n) is 9.53. The second-order valence-electron chi connectivity index (χ2n) is 4.42. The van der Waals surface area contributed by atoms with Gasteiger partial charge in [0.15, 0.2) is 5.82 Å². The van der Waals surface area contributed by atoms with Gasteiger partial charge in [-0.3, -0.25) is 4.79 Å². The molecule has 0 aliphatic carbocycles. The van der Waals surface area contributed by atoms with Gasteiger partial charge in [-0.2, -0.15) is 0 Å². The minimum Gasteiger partial charge on any atom is -0.352 e. The van der Waals surface area contributed by atoms with Crippen LogP contribution in [0.4, 0.5) is 5.82 Å². The normalized spacial score (nSPS) is 25.8. The molecule has 1 aliphatic heterocycles. The molecule has 88 valence electrons. The van der Waals surface area contributed by atoms with Crippen molar-refractivity contribution < 1.29 is 0 Å². The van der Waals surface area contributed by atoms with Crippen molar-refractivity contribution >= 4 is 21.7 Å². The van der Waals surface area contributed by atoms with E-state index in [0.29, 0.717) is 16.4 Å². The summed E-state index contributed by atoms with van der Waals surface area (Å²) in [6, 6.07) is 0.430. The zero-order valence-corrected chi connectivity index (χ0v) is 11.1. The third-order valence-corrected chi connectivity index (χ3v) is 4.14. The molecule has 0 saturated carbocycles. The Morgan fingerprint density at radius 2 is 2.31 bits per heavy atom. The molecule has 0 bridgehead atoms.